The molecule has 0 aliphatic carbocycles. The van der Waals surface area contributed by atoms with E-state index in [0.29, 0.717) is 18.7 Å². The maximum absolute atomic E-state index is 12.9. The first-order valence-electron chi connectivity index (χ1n) is 9.40. The number of carbonyl (C=O) groups excluding carboxylic acids is 1. The van der Waals surface area contributed by atoms with Crippen molar-refractivity contribution in [3.05, 3.63) is 59.5 Å². The zero-order valence-electron chi connectivity index (χ0n) is 15.7. The van der Waals surface area contributed by atoms with Crippen molar-refractivity contribution in [2.45, 2.75) is 32.9 Å². The number of aryl methyl sites for hydroxylation is 1. The van der Waals surface area contributed by atoms with Crippen molar-refractivity contribution < 1.29 is 9.90 Å². The summed E-state index contributed by atoms with van der Waals surface area (Å²) in [5.41, 5.74) is 3.62. The van der Waals surface area contributed by atoms with E-state index >= 15 is 0 Å². The van der Waals surface area contributed by atoms with Crippen molar-refractivity contribution in [3.63, 3.8) is 0 Å². The van der Waals surface area contributed by atoms with Gasteiger partial charge in [-0.15, -0.1) is 0 Å². The van der Waals surface area contributed by atoms with E-state index in [1.165, 1.54) is 0 Å². The monoisotopic (exact) mass is 364 g/mol. The molecule has 1 N–H and O–H groups in total. The Morgan fingerprint density at radius 2 is 2.07 bits per heavy atom. The molecule has 27 heavy (non-hydrogen) atoms. The summed E-state index contributed by atoms with van der Waals surface area (Å²) in [6, 6.07) is 10.0. The SMILES string of the molecule is CCn1ncc(C(=O)N2C[C@@H](Cc3ccnc4ccccc34)[C@H](O)C2)c1C. The lowest BCUT2D eigenvalue weighted by Gasteiger charge is -2.16. The van der Waals surface area contributed by atoms with Crippen LogP contribution in [-0.4, -0.2) is 49.9 Å². The van der Waals surface area contributed by atoms with E-state index < -0.39 is 6.10 Å². The lowest BCUT2D eigenvalue weighted by molar-refractivity contribution is 0.0763. The number of benzene rings is 1. The van der Waals surface area contributed by atoms with Crippen molar-refractivity contribution in [1.29, 1.82) is 0 Å². The average Bonchev–Trinajstić information content (AvgIpc) is 3.24. The fourth-order valence-corrected chi connectivity index (χ4v) is 3.98. The van der Waals surface area contributed by atoms with Gasteiger partial charge in [-0.3, -0.25) is 14.5 Å². The van der Waals surface area contributed by atoms with Gasteiger partial charge in [0.2, 0.25) is 0 Å². The molecule has 0 radical (unpaired) electrons. The number of amides is 1. The highest BCUT2D eigenvalue weighted by atomic mass is 16.3. The molecule has 6 heteroatoms. The molecule has 1 saturated heterocycles. The normalized spacial score (nSPS) is 19.7. The van der Waals surface area contributed by atoms with Gasteiger partial charge in [-0.05, 0) is 38.0 Å². The van der Waals surface area contributed by atoms with Gasteiger partial charge < -0.3 is 10.0 Å². The summed E-state index contributed by atoms with van der Waals surface area (Å²) in [7, 11) is 0. The van der Waals surface area contributed by atoms with Gasteiger partial charge in [-0.1, -0.05) is 18.2 Å². The summed E-state index contributed by atoms with van der Waals surface area (Å²) in [4.78, 5) is 19.1. The fraction of sp³-hybridized carbons (Fsp3) is 0.381. The number of pyridine rings is 1. The van der Waals surface area contributed by atoms with Crippen LogP contribution in [0.25, 0.3) is 10.9 Å². The molecule has 1 fully saturated rings. The minimum absolute atomic E-state index is 0.0151. The minimum atomic E-state index is -0.526. The molecule has 0 unspecified atom stereocenters. The number of likely N-dealkylation sites (tertiary alicyclic amines) is 1. The molecule has 3 aromatic rings. The Kier molecular flexibility index (Phi) is 4.66. The number of aliphatic hydroxyl groups excluding tert-OH is 1. The topological polar surface area (TPSA) is 71.2 Å². The summed E-state index contributed by atoms with van der Waals surface area (Å²) in [6.45, 7) is 5.57. The number of hydrogen-bond acceptors (Lipinski definition) is 4. The second kappa shape index (κ2) is 7.12. The molecule has 1 aliphatic heterocycles. The Balaban J connectivity index is 1.53. The summed E-state index contributed by atoms with van der Waals surface area (Å²) in [5, 5.41) is 16.0. The van der Waals surface area contributed by atoms with E-state index in [0.717, 1.165) is 35.1 Å². The van der Waals surface area contributed by atoms with Crippen LogP contribution in [0.3, 0.4) is 0 Å². The number of hydrogen-bond donors (Lipinski definition) is 1. The van der Waals surface area contributed by atoms with E-state index in [9.17, 15) is 9.90 Å². The van der Waals surface area contributed by atoms with Crippen molar-refractivity contribution in [2.24, 2.45) is 5.92 Å². The molecule has 0 saturated carbocycles. The highest BCUT2D eigenvalue weighted by Gasteiger charge is 2.35. The number of β-amino-alcohol motifs (C(OH)–C–C–N with tert-alkyl or cyclic N) is 1. The molecule has 6 nitrogen and oxygen atoms in total. The first kappa shape index (κ1) is 17.7. The van der Waals surface area contributed by atoms with E-state index in [-0.39, 0.29) is 11.8 Å². The predicted octanol–water partition coefficient (Wildman–Crippen LogP) is 2.44. The lowest BCUT2D eigenvalue weighted by Crippen LogP contribution is -2.30. The van der Waals surface area contributed by atoms with Crippen LogP contribution < -0.4 is 0 Å². The molecule has 0 spiro atoms. The predicted molar refractivity (Wildman–Crippen MR) is 103 cm³/mol. The Morgan fingerprint density at radius 1 is 1.26 bits per heavy atom. The first-order valence-corrected chi connectivity index (χ1v) is 9.40. The fourth-order valence-electron chi connectivity index (χ4n) is 3.98. The second-order valence-corrected chi connectivity index (χ2v) is 7.19. The molecule has 0 bridgehead atoms. The largest absolute Gasteiger partial charge is 0.391 e. The van der Waals surface area contributed by atoms with Crippen LogP contribution in [0, 0.1) is 12.8 Å². The van der Waals surface area contributed by atoms with Crippen molar-refractivity contribution in [2.75, 3.05) is 13.1 Å². The van der Waals surface area contributed by atoms with Gasteiger partial charge in [0.05, 0.1) is 23.4 Å². The van der Waals surface area contributed by atoms with Crippen LogP contribution in [0.5, 0.6) is 0 Å². The van der Waals surface area contributed by atoms with Crippen molar-refractivity contribution in [1.82, 2.24) is 19.7 Å². The summed E-state index contributed by atoms with van der Waals surface area (Å²) in [5.74, 6) is -0.0328. The van der Waals surface area contributed by atoms with E-state index in [1.807, 2.05) is 49.0 Å². The molecule has 4 rings (SSSR count). The van der Waals surface area contributed by atoms with Crippen LogP contribution in [0.4, 0.5) is 0 Å². The third-order valence-electron chi connectivity index (χ3n) is 5.55. The smallest absolute Gasteiger partial charge is 0.257 e. The first-order chi connectivity index (χ1) is 13.1. The minimum Gasteiger partial charge on any atom is -0.391 e. The average molecular weight is 364 g/mol. The van der Waals surface area contributed by atoms with Crippen LogP contribution >= 0.6 is 0 Å². The third-order valence-corrected chi connectivity index (χ3v) is 5.55. The highest BCUT2D eigenvalue weighted by molar-refractivity contribution is 5.95. The van der Waals surface area contributed by atoms with Gasteiger partial charge in [0.15, 0.2) is 0 Å². The number of nitrogens with zero attached hydrogens (tertiary/aromatic N) is 4. The molecular formula is C21H24N4O2. The van der Waals surface area contributed by atoms with Crippen LogP contribution in [-0.2, 0) is 13.0 Å². The lowest BCUT2D eigenvalue weighted by atomic mass is 9.94. The Bertz CT molecular complexity index is 976. The van der Waals surface area contributed by atoms with E-state index in [2.05, 4.69) is 16.1 Å². The van der Waals surface area contributed by atoms with E-state index in [4.69, 9.17) is 0 Å². The third kappa shape index (κ3) is 3.21. The van der Waals surface area contributed by atoms with Crippen molar-refractivity contribution >= 4 is 16.8 Å². The molecule has 1 aliphatic rings. The Labute approximate surface area is 158 Å². The second-order valence-electron chi connectivity index (χ2n) is 7.19. The highest BCUT2D eigenvalue weighted by Crippen LogP contribution is 2.26. The maximum atomic E-state index is 12.9. The van der Waals surface area contributed by atoms with Gasteiger partial charge in [0.1, 0.15) is 0 Å². The van der Waals surface area contributed by atoms with Gasteiger partial charge in [-0.25, -0.2) is 0 Å². The summed E-state index contributed by atoms with van der Waals surface area (Å²) in [6.07, 6.45) is 3.64. The van der Waals surface area contributed by atoms with Crippen LogP contribution in [0.1, 0.15) is 28.5 Å². The number of aliphatic hydroxyl groups is 1. The molecule has 2 atom stereocenters. The molecule has 1 aromatic carbocycles. The number of para-hydroxylation sites is 1. The zero-order valence-corrected chi connectivity index (χ0v) is 15.7. The molecule has 3 heterocycles. The molecule has 2 aromatic heterocycles. The summed E-state index contributed by atoms with van der Waals surface area (Å²) < 4.78 is 1.82. The standard InChI is InChI=1S/C21H24N4O2/c1-3-25-14(2)18(11-23-25)21(27)24-12-16(20(26)13-24)10-15-8-9-22-19-7-5-4-6-17(15)19/h4-9,11,16,20,26H,3,10,12-13H2,1-2H3/t16-,20-/m1/s1. The zero-order chi connectivity index (χ0) is 19.0. The quantitative estimate of drug-likeness (QED) is 0.772. The van der Waals surface area contributed by atoms with Gasteiger partial charge in [0, 0.05) is 42.8 Å². The van der Waals surface area contributed by atoms with E-state index in [1.54, 1.807) is 11.1 Å². The number of carbonyl (C=O) groups is 1. The van der Waals surface area contributed by atoms with Gasteiger partial charge in [0.25, 0.3) is 5.91 Å². The number of aromatic nitrogens is 3. The molecular weight excluding hydrogens is 340 g/mol. The van der Waals surface area contributed by atoms with Crippen LogP contribution in [0.15, 0.2) is 42.7 Å². The molecule has 140 valence electrons. The maximum Gasteiger partial charge on any atom is 0.257 e. The molecule has 1 amide bonds. The Hall–Kier alpha value is -2.73. The Morgan fingerprint density at radius 3 is 2.85 bits per heavy atom. The van der Waals surface area contributed by atoms with Gasteiger partial charge >= 0.3 is 0 Å². The number of fused-ring (bicyclic) bond motifs is 1. The van der Waals surface area contributed by atoms with Gasteiger partial charge in [-0.2, -0.15) is 5.10 Å². The van der Waals surface area contributed by atoms with Crippen LogP contribution in [0.2, 0.25) is 0 Å². The number of rotatable bonds is 4. The van der Waals surface area contributed by atoms with Crippen molar-refractivity contribution in [3.8, 4) is 0 Å². The summed E-state index contributed by atoms with van der Waals surface area (Å²) >= 11 is 0.